The largest absolute Gasteiger partial charge is 0.433 e. The molecule has 37 heavy (non-hydrogen) atoms. The molecule has 1 aromatic carbocycles. The van der Waals surface area contributed by atoms with Crippen LogP contribution in [-0.4, -0.2) is 33.2 Å². The number of alkyl halides is 3. The minimum absolute atomic E-state index is 0.263. The molecule has 0 aliphatic heterocycles. The maximum Gasteiger partial charge on any atom is 0.433 e. The van der Waals surface area contributed by atoms with E-state index in [0.717, 1.165) is 43.2 Å². The van der Waals surface area contributed by atoms with Gasteiger partial charge in [0.05, 0.1) is 17.2 Å². The molecule has 1 fully saturated rings. The maximum absolute atomic E-state index is 13.1. The highest BCUT2D eigenvalue weighted by Crippen LogP contribution is 2.37. The highest BCUT2D eigenvalue weighted by Gasteiger charge is 2.33. The SMILES string of the molecule is CC(C)(OCC(N)=O)c1cc2nn([C@H]3CC[C@H](C)CC3)cc2cc1NC(=O)c1cccc(C(F)(F)F)n1. The fourth-order valence-electron chi connectivity index (χ4n) is 4.62. The quantitative estimate of drug-likeness (QED) is 0.448. The Labute approximate surface area is 212 Å². The number of nitrogens with one attached hydrogen (secondary N) is 1. The normalized spacial score (nSPS) is 18.6. The van der Waals surface area contributed by atoms with Crippen molar-refractivity contribution in [2.45, 2.75) is 64.3 Å². The lowest BCUT2D eigenvalue weighted by Crippen LogP contribution is -2.30. The Morgan fingerprint density at radius 3 is 2.51 bits per heavy atom. The Morgan fingerprint density at radius 1 is 1.16 bits per heavy atom. The molecule has 3 N–H and O–H groups in total. The number of pyridine rings is 1. The van der Waals surface area contributed by atoms with E-state index in [-0.39, 0.29) is 18.3 Å². The number of rotatable bonds is 7. The molecule has 0 bridgehead atoms. The predicted molar refractivity (Wildman–Crippen MR) is 132 cm³/mol. The molecule has 0 atom stereocenters. The number of benzene rings is 1. The molecular weight excluding hydrogens is 487 g/mol. The van der Waals surface area contributed by atoms with Crippen molar-refractivity contribution in [3.63, 3.8) is 0 Å². The number of halogens is 3. The van der Waals surface area contributed by atoms with Crippen LogP contribution in [0.2, 0.25) is 0 Å². The molecule has 2 amide bonds. The third-order valence-corrected chi connectivity index (χ3v) is 6.77. The van der Waals surface area contributed by atoms with E-state index in [1.54, 1.807) is 26.0 Å². The molecule has 8 nitrogen and oxygen atoms in total. The highest BCUT2D eigenvalue weighted by atomic mass is 19.4. The van der Waals surface area contributed by atoms with Gasteiger partial charge in [0.25, 0.3) is 5.91 Å². The number of ether oxygens (including phenoxy) is 1. The predicted octanol–water partition coefficient (Wildman–Crippen LogP) is 5.19. The van der Waals surface area contributed by atoms with E-state index in [1.807, 2.05) is 10.9 Å². The molecule has 2 aromatic heterocycles. The van der Waals surface area contributed by atoms with Gasteiger partial charge in [-0.1, -0.05) is 13.0 Å². The number of hydrogen-bond acceptors (Lipinski definition) is 5. The van der Waals surface area contributed by atoms with Crippen LogP contribution in [0.25, 0.3) is 10.9 Å². The molecule has 1 aliphatic rings. The van der Waals surface area contributed by atoms with Crippen molar-refractivity contribution in [1.82, 2.24) is 14.8 Å². The van der Waals surface area contributed by atoms with Crippen LogP contribution in [-0.2, 0) is 21.3 Å². The number of nitrogens with two attached hydrogens (primary N) is 1. The zero-order valence-electron chi connectivity index (χ0n) is 20.9. The zero-order valence-corrected chi connectivity index (χ0v) is 20.9. The summed E-state index contributed by atoms with van der Waals surface area (Å²) in [6.07, 6.45) is 1.49. The Morgan fingerprint density at radius 2 is 1.86 bits per heavy atom. The van der Waals surface area contributed by atoms with Gasteiger partial charge in [-0.2, -0.15) is 18.3 Å². The third-order valence-electron chi connectivity index (χ3n) is 6.77. The lowest BCUT2D eigenvalue weighted by Gasteiger charge is -2.28. The third kappa shape index (κ3) is 6.10. The van der Waals surface area contributed by atoms with E-state index in [9.17, 15) is 22.8 Å². The van der Waals surface area contributed by atoms with E-state index >= 15 is 0 Å². The van der Waals surface area contributed by atoms with Crippen molar-refractivity contribution in [3.8, 4) is 0 Å². The summed E-state index contributed by atoms with van der Waals surface area (Å²) < 4.78 is 47.0. The van der Waals surface area contributed by atoms with E-state index in [1.165, 1.54) is 6.07 Å². The number of carbonyl (C=O) groups excluding carboxylic acids is 2. The van der Waals surface area contributed by atoms with Crippen LogP contribution < -0.4 is 11.1 Å². The van der Waals surface area contributed by atoms with E-state index < -0.39 is 29.3 Å². The summed E-state index contributed by atoms with van der Waals surface area (Å²) in [5.41, 5.74) is 4.09. The molecular formula is C26H30F3N5O3. The first-order valence-corrected chi connectivity index (χ1v) is 12.1. The number of anilines is 1. The van der Waals surface area contributed by atoms with Gasteiger partial charge in [-0.15, -0.1) is 0 Å². The smallest absolute Gasteiger partial charge is 0.368 e. The second-order valence-electron chi connectivity index (χ2n) is 10.1. The van der Waals surface area contributed by atoms with Gasteiger partial charge in [-0.3, -0.25) is 14.3 Å². The number of fused-ring (bicyclic) bond motifs is 1. The Balaban J connectivity index is 1.72. The molecule has 2 heterocycles. The summed E-state index contributed by atoms with van der Waals surface area (Å²) >= 11 is 0. The fourth-order valence-corrected chi connectivity index (χ4v) is 4.62. The molecule has 3 aromatic rings. The minimum Gasteiger partial charge on any atom is -0.368 e. The van der Waals surface area contributed by atoms with Crippen LogP contribution in [0.5, 0.6) is 0 Å². The lowest BCUT2D eigenvalue weighted by atomic mass is 9.87. The molecule has 0 unspecified atom stereocenters. The number of amides is 2. The Kier molecular flexibility index (Phi) is 7.27. The second kappa shape index (κ2) is 10.1. The summed E-state index contributed by atoms with van der Waals surface area (Å²) in [5, 5.41) is 8.20. The minimum atomic E-state index is -4.68. The van der Waals surface area contributed by atoms with Gasteiger partial charge in [0.1, 0.15) is 18.0 Å². The number of hydrogen-bond donors (Lipinski definition) is 2. The Hall–Kier alpha value is -3.47. The van der Waals surface area contributed by atoms with Crippen LogP contribution in [0, 0.1) is 5.92 Å². The molecule has 198 valence electrons. The summed E-state index contributed by atoms with van der Waals surface area (Å²) in [7, 11) is 0. The van der Waals surface area contributed by atoms with Crippen LogP contribution in [0.4, 0.5) is 18.9 Å². The molecule has 1 aliphatic carbocycles. The van der Waals surface area contributed by atoms with E-state index in [2.05, 4.69) is 17.2 Å². The molecule has 11 heteroatoms. The van der Waals surface area contributed by atoms with Crippen molar-refractivity contribution in [3.05, 3.63) is 53.5 Å². The van der Waals surface area contributed by atoms with Crippen LogP contribution >= 0.6 is 0 Å². The van der Waals surface area contributed by atoms with Gasteiger partial charge in [0.15, 0.2) is 0 Å². The zero-order chi connectivity index (χ0) is 27.0. The number of primary amides is 1. The van der Waals surface area contributed by atoms with E-state index in [0.29, 0.717) is 22.7 Å². The molecule has 0 spiro atoms. The van der Waals surface area contributed by atoms with Crippen molar-refractivity contribution in [2.24, 2.45) is 11.7 Å². The average molecular weight is 518 g/mol. The topological polar surface area (TPSA) is 112 Å². The summed E-state index contributed by atoms with van der Waals surface area (Å²) in [6, 6.07) is 6.87. The first-order chi connectivity index (χ1) is 17.3. The summed E-state index contributed by atoms with van der Waals surface area (Å²) in [4.78, 5) is 27.8. The van der Waals surface area contributed by atoms with Gasteiger partial charge in [-0.05, 0) is 69.7 Å². The first kappa shape index (κ1) is 26.6. The van der Waals surface area contributed by atoms with Crippen molar-refractivity contribution in [1.29, 1.82) is 0 Å². The average Bonchev–Trinajstić information content (AvgIpc) is 3.25. The first-order valence-electron chi connectivity index (χ1n) is 12.1. The van der Waals surface area contributed by atoms with Crippen molar-refractivity contribution >= 4 is 28.4 Å². The molecule has 4 rings (SSSR count). The Bertz CT molecular complexity index is 1310. The molecule has 0 saturated heterocycles. The van der Waals surface area contributed by atoms with Gasteiger partial charge in [0, 0.05) is 22.8 Å². The van der Waals surface area contributed by atoms with Crippen molar-refractivity contribution in [2.75, 3.05) is 11.9 Å². The second-order valence-corrected chi connectivity index (χ2v) is 10.1. The van der Waals surface area contributed by atoms with Gasteiger partial charge >= 0.3 is 6.18 Å². The van der Waals surface area contributed by atoms with E-state index in [4.69, 9.17) is 15.6 Å². The maximum atomic E-state index is 13.1. The monoisotopic (exact) mass is 517 g/mol. The fraction of sp³-hybridized carbons (Fsp3) is 0.462. The van der Waals surface area contributed by atoms with Gasteiger partial charge in [-0.25, -0.2) is 4.98 Å². The summed E-state index contributed by atoms with van der Waals surface area (Å²) in [6.45, 7) is 5.29. The number of nitrogens with zero attached hydrogens (tertiary/aromatic N) is 3. The van der Waals surface area contributed by atoms with Crippen LogP contribution in [0.15, 0.2) is 36.5 Å². The van der Waals surface area contributed by atoms with Gasteiger partial charge in [0.2, 0.25) is 5.91 Å². The highest BCUT2D eigenvalue weighted by molar-refractivity contribution is 6.04. The standard InChI is InChI=1S/C26H30F3N5O3/c1-15-7-9-17(10-8-15)34-13-16-11-21(18(12-20(16)33-34)25(2,3)37-14-23(30)35)32-24(36)19-5-4-6-22(31-19)26(27,28)29/h4-6,11-13,15,17H,7-10,14H2,1-3H3,(H2,30,35)(H,32,36)/t15-,17-. The molecule has 1 saturated carbocycles. The van der Waals surface area contributed by atoms with Crippen molar-refractivity contribution < 1.29 is 27.5 Å². The lowest BCUT2D eigenvalue weighted by molar-refractivity contribution is -0.141. The number of aromatic nitrogens is 3. The summed E-state index contributed by atoms with van der Waals surface area (Å²) in [5.74, 6) is -0.794. The van der Waals surface area contributed by atoms with Crippen LogP contribution in [0.3, 0.4) is 0 Å². The van der Waals surface area contributed by atoms with Crippen LogP contribution in [0.1, 0.15) is 74.2 Å². The molecule has 0 radical (unpaired) electrons. The van der Waals surface area contributed by atoms with Gasteiger partial charge < -0.3 is 15.8 Å². The number of carbonyl (C=O) groups is 2.